The molecule has 0 radical (unpaired) electrons. The molecule has 0 amide bonds. The smallest absolute Gasteiger partial charge is 0.351 e. The van der Waals surface area contributed by atoms with E-state index in [0.29, 0.717) is 0 Å². The molecule has 0 bridgehead atoms. The fourth-order valence-corrected chi connectivity index (χ4v) is 0.856. The first-order valence-corrected chi connectivity index (χ1v) is 4.54. The lowest BCUT2D eigenvalue weighted by Crippen LogP contribution is -2.24. The molecule has 15 heavy (non-hydrogen) atoms. The summed E-state index contributed by atoms with van der Waals surface area (Å²) in [4.78, 5) is 11.3. The Morgan fingerprint density at radius 2 is 2.00 bits per heavy atom. The number of ether oxygens (including phenoxy) is 1. The van der Waals surface area contributed by atoms with Crippen LogP contribution in [-0.4, -0.2) is 18.6 Å². The van der Waals surface area contributed by atoms with Gasteiger partial charge in [0.2, 0.25) is 0 Å². The highest BCUT2D eigenvalue weighted by Crippen LogP contribution is 2.03. The number of nitriles is 2. The molecule has 0 rings (SSSR count). The molecule has 0 saturated heterocycles. The quantitative estimate of drug-likeness (QED) is 0.419. The summed E-state index contributed by atoms with van der Waals surface area (Å²) >= 11 is 0. The van der Waals surface area contributed by atoms with E-state index in [1.54, 1.807) is 32.9 Å². The highest BCUT2D eigenvalue weighted by molar-refractivity contribution is 5.94. The zero-order valence-corrected chi connectivity index (χ0v) is 9.00. The van der Waals surface area contributed by atoms with Crippen molar-refractivity contribution in [2.45, 2.75) is 26.8 Å². The van der Waals surface area contributed by atoms with Gasteiger partial charge in [0.25, 0.3) is 0 Å². The van der Waals surface area contributed by atoms with Crippen LogP contribution in [0.4, 0.5) is 0 Å². The van der Waals surface area contributed by atoms with Crippen LogP contribution in [0.15, 0.2) is 11.3 Å². The number of hydrogen-bond acceptors (Lipinski definition) is 5. The third-order valence-corrected chi connectivity index (χ3v) is 1.39. The predicted molar refractivity (Wildman–Crippen MR) is 53.2 cm³/mol. The Labute approximate surface area is 88.9 Å². The van der Waals surface area contributed by atoms with E-state index in [9.17, 15) is 4.79 Å². The van der Waals surface area contributed by atoms with Crippen molar-refractivity contribution in [3.8, 4) is 12.1 Å². The Bertz CT molecular complexity index is 345. The third kappa shape index (κ3) is 4.15. The normalized spacial score (nSPS) is 11.1. The summed E-state index contributed by atoms with van der Waals surface area (Å²) in [7, 11) is 0. The summed E-state index contributed by atoms with van der Waals surface area (Å²) in [5, 5.41) is 20.2. The second-order valence-corrected chi connectivity index (χ2v) is 2.99. The monoisotopic (exact) mass is 207 g/mol. The zero-order chi connectivity index (χ0) is 11.8. The maximum atomic E-state index is 11.3. The van der Waals surface area contributed by atoms with Crippen LogP contribution in [0.5, 0.6) is 0 Å². The summed E-state index contributed by atoms with van der Waals surface area (Å²) in [6.45, 7) is 5.41. The average molecular weight is 207 g/mol. The van der Waals surface area contributed by atoms with E-state index in [1.807, 2.05) is 0 Å². The van der Waals surface area contributed by atoms with Gasteiger partial charge in [0.05, 0.1) is 6.61 Å². The van der Waals surface area contributed by atoms with Gasteiger partial charge < -0.3 is 10.1 Å². The minimum Gasteiger partial charge on any atom is -0.462 e. The van der Waals surface area contributed by atoms with Crippen molar-refractivity contribution in [3.63, 3.8) is 0 Å². The fourth-order valence-electron chi connectivity index (χ4n) is 0.856. The van der Waals surface area contributed by atoms with E-state index < -0.39 is 5.97 Å². The van der Waals surface area contributed by atoms with Crippen LogP contribution >= 0.6 is 0 Å². The molecule has 0 atom stereocenters. The van der Waals surface area contributed by atoms with Gasteiger partial charge in [0.1, 0.15) is 17.8 Å². The molecular formula is C10H13N3O2. The van der Waals surface area contributed by atoms with Crippen molar-refractivity contribution >= 4 is 5.97 Å². The molecule has 0 heterocycles. The van der Waals surface area contributed by atoms with Gasteiger partial charge in [-0.25, -0.2) is 4.79 Å². The molecule has 0 aliphatic carbocycles. The molecule has 0 unspecified atom stereocenters. The number of hydrogen-bond donors (Lipinski definition) is 1. The number of rotatable bonds is 4. The average Bonchev–Trinajstić information content (AvgIpc) is 2.17. The van der Waals surface area contributed by atoms with Crippen molar-refractivity contribution in [3.05, 3.63) is 11.3 Å². The number of esters is 1. The molecule has 0 aliphatic heterocycles. The van der Waals surface area contributed by atoms with Crippen LogP contribution in [0.1, 0.15) is 20.8 Å². The van der Waals surface area contributed by atoms with Crippen LogP contribution < -0.4 is 5.32 Å². The van der Waals surface area contributed by atoms with Crippen LogP contribution in [0.25, 0.3) is 0 Å². The molecule has 5 heteroatoms. The predicted octanol–water partition coefficient (Wildman–Crippen LogP) is 0.849. The van der Waals surface area contributed by atoms with Crippen molar-refractivity contribution in [2.75, 3.05) is 6.61 Å². The minimum atomic E-state index is -0.773. The minimum absolute atomic E-state index is 0.0302. The molecule has 1 N–H and O–H groups in total. The van der Waals surface area contributed by atoms with Gasteiger partial charge >= 0.3 is 5.97 Å². The first kappa shape index (κ1) is 13.0. The summed E-state index contributed by atoms with van der Waals surface area (Å²) < 4.78 is 4.65. The van der Waals surface area contributed by atoms with Crippen LogP contribution in [0.2, 0.25) is 0 Å². The van der Waals surface area contributed by atoms with E-state index in [1.165, 1.54) is 0 Å². The third-order valence-electron chi connectivity index (χ3n) is 1.39. The van der Waals surface area contributed by atoms with Crippen molar-refractivity contribution in [1.29, 1.82) is 10.5 Å². The number of nitrogens with one attached hydrogen (secondary N) is 1. The van der Waals surface area contributed by atoms with Crippen LogP contribution in [0, 0.1) is 22.7 Å². The van der Waals surface area contributed by atoms with Gasteiger partial charge in [-0.2, -0.15) is 10.5 Å². The number of nitrogens with zero attached hydrogens (tertiary/aromatic N) is 2. The largest absolute Gasteiger partial charge is 0.462 e. The lowest BCUT2D eigenvalue weighted by atomic mass is 10.2. The lowest BCUT2D eigenvalue weighted by Gasteiger charge is -2.09. The number of allylic oxidation sites excluding steroid dienone is 1. The summed E-state index contributed by atoms with van der Waals surface area (Å²) in [5.74, 6) is -0.773. The number of carbonyl (C=O) groups excluding carboxylic acids is 1. The summed E-state index contributed by atoms with van der Waals surface area (Å²) in [5.41, 5.74) is -0.334. The Hall–Kier alpha value is -2.01. The van der Waals surface area contributed by atoms with Gasteiger partial charge in [-0.3, -0.25) is 0 Å². The summed E-state index contributed by atoms with van der Waals surface area (Å²) in [6, 6.07) is 3.40. The Morgan fingerprint density at radius 1 is 1.40 bits per heavy atom. The Balaban J connectivity index is 5.03. The topological polar surface area (TPSA) is 85.9 Å². The molecular weight excluding hydrogens is 194 g/mol. The van der Waals surface area contributed by atoms with E-state index in [2.05, 4.69) is 10.1 Å². The molecule has 0 aromatic rings. The fraction of sp³-hybridized carbons (Fsp3) is 0.500. The zero-order valence-electron chi connectivity index (χ0n) is 9.00. The first-order chi connectivity index (χ1) is 7.06. The van der Waals surface area contributed by atoms with Crippen LogP contribution in [-0.2, 0) is 9.53 Å². The van der Waals surface area contributed by atoms with Gasteiger partial charge in [-0.1, -0.05) is 0 Å². The van der Waals surface area contributed by atoms with E-state index in [4.69, 9.17) is 10.5 Å². The Kier molecular flexibility index (Phi) is 5.58. The molecule has 80 valence electrons. The molecule has 0 aliphatic rings. The van der Waals surface area contributed by atoms with E-state index >= 15 is 0 Å². The maximum absolute atomic E-state index is 11.3. The molecule has 0 aromatic heterocycles. The SMILES string of the molecule is CCOC(=O)/C(C#N)=C(/C#N)NC(C)C. The Morgan fingerprint density at radius 3 is 2.33 bits per heavy atom. The van der Waals surface area contributed by atoms with E-state index in [-0.39, 0.29) is 23.9 Å². The van der Waals surface area contributed by atoms with Crippen molar-refractivity contribution in [1.82, 2.24) is 5.32 Å². The standard InChI is InChI=1S/C10H13N3O2/c1-4-15-10(14)8(5-11)9(6-12)13-7(2)3/h7,13H,4H2,1-3H3/b9-8-. The second-order valence-electron chi connectivity index (χ2n) is 2.99. The van der Waals surface area contributed by atoms with E-state index in [0.717, 1.165) is 0 Å². The summed E-state index contributed by atoms with van der Waals surface area (Å²) in [6.07, 6.45) is 0. The van der Waals surface area contributed by atoms with Crippen molar-refractivity contribution in [2.24, 2.45) is 0 Å². The molecule has 0 fully saturated rings. The second kappa shape index (κ2) is 6.44. The lowest BCUT2D eigenvalue weighted by molar-refractivity contribution is -0.138. The van der Waals surface area contributed by atoms with Crippen LogP contribution in [0.3, 0.4) is 0 Å². The van der Waals surface area contributed by atoms with Crippen molar-refractivity contribution < 1.29 is 9.53 Å². The molecule has 0 aromatic carbocycles. The molecule has 0 spiro atoms. The highest BCUT2D eigenvalue weighted by Gasteiger charge is 2.16. The molecule has 0 saturated carbocycles. The van der Waals surface area contributed by atoms with Gasteiger partial charge in [-0.05, 0) is 20.8 Å². The van der Waals surface area contributed by atoms with Gasteiger partial charge in [0.15, 0.2) is 5.57 Å². The maximum Gasteiger partial charge on any atom is 0.351 e. The van der Waals surface area contributed by atoms with Gasteiger partial charge in [-0.15, -0.1) is 0 Å². The number of carbonyl (C=O) groups is 1. The highest BCUT2D eigenvalue weighted by atomic mass is 16.5. The first-order valence-electron chi connectivity index (χ1n) is 4.54. The van der Waals surface area contributed by atoms with Gasteiger partial charge in [0, 0.05) is 6.04 Å². The molecule has 5 nitrogen and oxygen atoms in total.